The van der Waals surface area contributed by atoms with Crippen molar-refractivity contribution in [2.75, 3.05) is 27.0 Å². The normalized spacial score (nSPS) is 21.3. The summed E-state index contributed by atoms with van der Waals surface area (Å²) in [5, 5.41) is 12.4. The Bertz CT molecular complexity index is 557. The zero-order chi connectivity index (χ0) is 17.5. The molecule has 1 saturated carbocycles. The van der Waals surface area contributed by atoms with Gasteiger partial charge in [0.25, 0.3) is 0 Å². The van der Waals surface area contributed by atoms with Gasteiger partial charge < -0.3 is 15.4 Å². The molecule has 2 atom stereocenters. The molecule has 1 aromatic rings. The van der Waals surface area contributed by atoms with Crippen molar-refractivity contribution in [3.63, 3.8) is 0 Å². The summed E-state index contributed by atoms with van der Waals surface area (Å²) in [6.45, 7) is 6.38. The van der Waals surface area contributed by atoms with Crippen molar-refractivity contribution in [1.82, 2.24) is 20.4 Å². The number of ether oxygens (including phenoxy) is 1. The van der Waals surface area contributed by atoms with E-state index in [1.807, 2.05) is 23.5 Å². The van der Waals surface area contributed by atoms with Crippen LogP contribution >= 0.6 is 11.8 Å². The number of hydrogen-bond donors (Lipinski definition) is 2. The van der Waals surface area contributed by atoms with Crippen LogP contribution in [0.25, 0.3) is 0 Å². The predicted octanol–water partition coefficient (Wildman–Crippen LogP) is 2.10. The van der Waals surface area contributed by atoms with Crippen LogP contribution in [0.2, 0.25) is 0 Å². The molecule has 2 unspecified atom stereocenters. The van der Waals surface area contributed by atoms with E-state index < -0.39 is 0 Å². The molecule has 0 radical (unpaired) electrons. The number of aliphatic imine (C=N–C) groups is 1. The van der Waals surface area contributed by atoms with E-state index in [1.165, 1.54) is 30.5 Å². The quantitative estimate of drug-likeness (QED) is 0.580. The first kappa shape index (κ1) is 19.1. The lowest BCUT2D eigenvalue weighted by atomic mass is 10.2. The highest BCUT2D eigenvalue weighted by Crippen LogP contribution is 2.28. The minimum atomic E-state index is 0.528. The van der Waals surface area contributed by atoms with Crippen molar-refractivity contribution in [1.29, 1.82) is 0 Å². The average molecular weight is 354 g/mol. The lowest BCUT2D eigenvalue weighted by Crippen LogP contribution is -2.42. The van der Waals surface area contributed by atoms with E-state index in [-0.39, 0.29) is 0 Å². The van der Waals surface area contributed by atoms with Gasteiger partial charge in [0.1, 0.15) is 0 Å². The van der Waals surface area contributed by atoms with Crippen LogP contribution in [-0.4, -0.2) is 54.1 Å². The van der Waals surface area contributed by atoms with E-state index in [0.717, 1.165) is 30.0 Å². The van der Waals surface area contributed by atoms with Crippen molar-refractivity contribution < 1.29 is 4.74 Å². The van der Waals surface area contributed by atoms with Gasteiger partial charge in [-0.15, -0.1) is 0 Å². The van der Waals surface area contributed by atoms with Gasteiger partial charge in [-0.2, -0.15) is 16.9 Å². The summed E-state index contributed by atoms with van der Waals surface area (Å²) in [6, 6.07) is 0.528. The zero-order valence-corrected chi connectivity index (χ0v) is 16.4. The first-order valence-corrected chi connectivity index (χ1v) is 9.89. The molecule has 136 valence electrons. The third kappa shape index (κ3) is 4.89. The second kappa shape index (κ2) is 9.32. The molecule has 2 rings (SSSR count). The van der Waals surface area contributed by atoms with Gasteiger partial charge in [-0.3, -0.25) is 9.67 Å². The molecule has 1 aliphatic carbocycles. The van der Waals surface area contributed by atoms with E-state index in [0.29, 0.717) is 12.6 Å². The second-order valence-electron chi connectivity index (χ2n) is 6.30. The van der Waals surface area contributed by atoms with Gasteiger partial charge in [0.2, 0.25) is 0 Å². The molecule has 0 spiro atoms. The van der Waals surface area contributed by atoms with Crippen LogP contribution in [0.15, 0.2) is 4.99 Å². The van der Waals surface area contributed by atoms with Crippen molar-refractivity contribution in [3.8, 4) is 0 Å². The van der Waals surface area contributed by atoms with E-state index in [9.17, 15) is 0 Å². The molecule has 24 heavy (non-hydrogen) atoms. The highest BCUT2D eigenvalue weighted by molar-refractivity contribution is 7.99. The summed E-state index contributed by atoms with van der Waals surface area (Å²) < 4.78 is 7.17. The van der Waals surface area contributed by atoms with Crippen LogP contribution in [0.3, 0.4) is 0 Å². The Morgan fingerprint density at radius 3 is 2.83 bits per heavy atom. The van der Waals surface area contributed by atoms with Gasteiger partial charge in [-0.25, -0.2) is 0 Å². The monoisotopic (exact) mass is 353 g/mol. The molecular weight excluding hydrogens is 322 g/mol. The fourth-order valence-electron chi connectivity index (χ4n) is 3.23. The molecule has 0 amide bonds. The Kier molecular flexibility index (Phi) is 7.42. The molecule has 1 heterocycles. The topological polar surface area (TPSA) is 63.5 Å². The van der Waals surface area contributed by atoms with Crippen LogP contribution in [0.4, 0.5) is 0 Å². The third-order valence-electron chi connectivity index (χ3n) is 4.75. The summed E-state index contributed by atoms with van der Waals surface area (Å²) in [6.07, 6.45) is 5.93. The molecular formula is C17H31N5OS. The third-order valence-corrected chi connectivity index (χ3v) is 5.85. The Morgan fingerprint density at radius 1 is 1.42 bits per heavy atom. The highest BCUT2D eigenvalue weighted by atomic mass is 32.2. The van der Waals surface area contributed by atoms with Crippen LogP contribution in [-0.2, 0) is 17.8 Å². The Labute approximate surface area is 149 Å². The van der Waals surface area contributed by atoms with Crippen LogP contribution in [0.5, 0.6) is 0 Å². The fourth-order valence-corrected chi connectivity index (χ4v) is 4.03. The Morgan fingerprint density at radius 2 is 2.21 bits per heavy atom. The van der Waals surface area contributed by atoms with E-state index in [2.05, 4.69) is 40.8 Å². The summed E-state index contributed by atoms with van der Waals surface area (Å²) >= 11 is 1.97. The van der Waals surface area contributed by atoms with Gasteiger partial charge in [-0.05, 0) is 39.4 Å². The lowest BCUT2D eigenvalue weighted by molar-refractivity contribution is 0.182. The predicted molar refractivity (Wildman–Crippen MR) is 102 cm³/mol. The second-order valence-corrected chi connectivity index (χ2v) is 7.44. The van der Waals surface area contributed by atoms with E-state index in [1.54, 1.807) is 7.11 Å². The molecule has 0 saturated heterocycles. The molecule has 1 aromatic heterocycles. The van der Waals surface area contributed by atoms with Crippen LogP contribution in [0.1, 0.15) is 36.2 Å². The van der Waals surface area contributed by atoms with Gasteiger partial charge in [0.05, 0.1) is 18.8 Å². The van der Waals surface area contributed by atoms with Crippen LogP contribution < -0.4 is 10.6 Å². The van der Waals surface area contributed by atoms with E-state index >= 15 is 0 Å². The standard InChI is InChI=1S/C17H31N5OS/c1-12-16(13(2)22(21-12)8-9-23-4)11-19-17(18-3)20-14-6-7-15(10-14)24-5/h14-15H,6-11H2,1-5H3,(H2,18,19,20). The number of nitrogens with zero attached hydrogens (tertiary/aromatic N) is 3. The van der Waals surface area contributed by atoms with Crippen molar-refractivity contribution >= 4 is 17.7 Å². The molecule has 0 aliphatic heterocycles. The molecule has 7 heteroatoms. The van der Waals surface area contributed by atoms with Gasteiger partial charge in [0.15, 0.2) is 5.96 Å². The van der Waals surface area contributed by atoms with Crippen molar-refractivity contribution in [3.05, 3.63) is 17.0 Å². The number of methoxy groups -OCH3 is 1. The summed E-state index contributed by atoms with van der Waals surface area (Å²) in [5.74, 6) is 0.880. The highest BCUT2D eigenvalue weighted by Gasteiger charge is 2.24. The number of thioether (sulfide) groups is 1. The number of aryl methyl sites for hydroxylation is 1. The van der Waals surface area contributed by atoms with Gasteiger partial charge in [0, 0.05) is 43.3 Å². The maximum atomic E-state index is 5.15. The zero-order valence-electron chi connectivity index (χ0n) is 15.6. The maximum Gasteiger partial charge on any atom is 0.191 e. The fraction of sp³-hybridized carbons (Fsp3) is 0.765. The smallest absolute Gasteiger partial charge is 0.191 e. The first-order chi connectivity index (χ1) is 11.6. The van der Waals surface area contributed by atoms with Crippen molar-refractivity contribution in [2.24, 2.45) is 4.99 Å². The Hall–Kier alpha value is -1.21. The number of nitrogens with one attached hydrogen (secondary N) is 2. The molecule has 0 bridgehead atoms. The van der Waals surface area contributed by atoms with Crippen LogP contribution in [0, 0.1) is 13.8 Å². The number of guanidine groups is 1. The van der Waals surface area contributed by atoms with Gasteiger partial charge >= 0.3 is 0 Å². The minimum absolute atomic E-state index is 0.528. The summed E-state index contributed by atoms with van der Waals surface area (Å²) in [5.41, 5.74) is 3.49. The average Bonchev–Trinajstić information content (AvgIpc) is 3.14. The minimum Gasteiger partial charge on any atom is -0.383 e. The molecule has 1 aliphatic rings. The largest absolute Gasteiger partial charge is 0.383 e. The number of rotatable bonds is 7. The number of hydrogen-bond acceptors (Lipinski definition) is 4. The lowest BCUT2D eigenvalue weighted by Gasteiger charge is -2.17. The van der Waals surface area contributed by atoms with E-state index in [4.69, 9.17) is 4.74 Å². The molecule has 2 N–H and O–H groups in total. The molecule has 0 aromatic carbocycles. The van der Waals surface area contributed by atoms with Gasteiger partial charge in [-0.1, -0.05) is 0 Å². The molecule has 6 nitrogen and oxygen atoms in total. The first-order valence-electron chi connectivity index (χ1n) is 8.60. The maximum absolute atomic E-state index is 5.15. The summed E-state index contributed by atoms with van der Waals surface area (Å²) in [4.78, 5) is 4.37. The SMILES string of the molecule is CN=C(NCc1c(C)nn(CCOC)c1C)NC1CCC(SC)C1. The Balaban J connectivity index is 1.90. The van der Waals surface area contributed by atoms with Crippen molar-refractivity contribution in [2.45, 2.75) is 57.5 Å². The number of aromatic nitrogens is 2. The molecule has 1 fully saturated rings. The summed E-state index contributed by atoms with van der Waals surface area (Å²) in [7, 11) is 3.55.